The molecule has 2 N–H and O–H groups in total. The average Bonchev–Trinajstić information content (AvgIpc) is 3.74. The Morgan fingerprint density at radius 1 is 1.08 bits per heavy atom. The highest BCUT2D eigenvalue weighted by Crippen LogP contribution is 2.34. The zero-order valence-corrected chi connectivity index (χ0v) is 28.2. The van der Waals surface area contributed by atoms with Crippen molar-refractivity contribution in [2.24, 2.45) is 0 Å². The number of rotatable bonds is 11. The van der Waals surface area contributed by atoms with Gasteiger partial charge in [-0.05, 0) is 94.3 Å². The molecule has 1 saturated heterocycles. The first-order valence-electron chi connectivity index (χ1n) is 15.8. The number of thiazole rings is 1. The number of fused-ring (bicyclic) bond motifs is 2. The Kier molecular flexibility index (Phi) is 9.90. The zero-order valence-electron chi connectivity index (χ0n) is 26.6. The highest BCUT2D eigenvalue weighted by Gasteiger charge is 2.33. The van der Waals surface area contributed by atoms with E-state index in [2.05, 4.69) is 20.5 Å². The van der Waals surface area contributed by atoms with Gasteiger partial charge in [0.15, 0.2) is 0 Å². The van der Waals surface area contributed by atoms with E-state index in [-0.39, 0.29) is 51.3 Å². The number of carbonyl (C=O) groups excluding carboxylic acids is 3. The lowest BCUT2D eigenvalue weighted by atomic mass is 10.1. The predicted octanol–water partition coefficient (Wildman–Crippen LogP) is 5.32. The number of sulfone groups is 1. The lowest BCUT2D eigenvalue weighted by molar-refractivity contribution is -0.152. The number of ether oxygens (including phenoxy) is 2. The minimum absolute atomic E-state index is 0.0530. The molecule has 0 radical (unpaired) electrons. The Morgan fingerprint density at radius 2 is 1.88 bits per heavy atom. The number of nitrogens with zero attached hydrogens (tertiary/aromatic N) is 2. The molecule has 0 aliphatic carbocycles. The average molecular weight is 689 g/mol. The first-order valence-corrected chi connectivity index (χ1v) is 18.1. The van der Waals surface area contributed by atoms with E-state index in [1.165, 1.54) is 41.7 Å². The number of aromatic nitrogens is 1. The second kappa shape index (κ2) is 14.3. The van der Waals surface area contributed by atoms with Gasteiger partial charge in [0.1, 0.15) is 16.8 Å². The van der Waals surface area contributed by atoms with E-state index < -0.39 is 21.7 Å². The first-order chi connectivity index (χ1) is 23.1. The SMILES string of the molecule is CC(C)OC(=O)[C@@H]1CCCN1CCCOc1ccc(-c2ncc(CNC(=O)c3ccc4c(c3)NC(=O)c3ccccc3S4(=O)=O)s2)cc1. The molecule has 0 spiro atoms. The minimum Gasteiger partial charge on any atom is -0.494 e. The van der Waals surface area contributed by atoms with Gasteiger partial charge in [0.05, 0.1) is 40.3 Å². The Bertz CT molecular complexity index is 1940. The molecule has 3 aromatic carbocycles. The molecule has 13 heteroatoms. The van der Waals surface area contributed by atoms with Crippen LogP contribution in [0.5, 0.6) is 5.75 Å². The molecule has 48 heavy (non-hydrogen) atoms. The lowest BCUT2D eigenvalue weighted by Crippen LogP contribution is -2.39. The van der Waals surface area contributed by atoms with Crippen LogP contribution in [0.2, 0.25) is 0 Å². The summed E-state index contributed by atoms with van der Waals surface area (Å²) < 4.78 is 37.8. The summed E-state index contributed by atoms with van der Waals surface area (Å²) in [5, 5.41) is 6.27. The highest BCUT2D eigenvalue weighted by molar-refractivity contribution is 7.91. The van der Waals surface area contributed by atoms with Gasteiger partial charge in [-0.25, -0.2) is 13.4 Å². The Hall–Kier alpha value is -4.59. The van der Waals surface area contributed by atoms with E-state index in [0.29, 0.717) is 6.61 Å². The van der Waals surface area contributed by atoms with E-state index >= 15 is 0 Å². The van der Waals surface area contributed by atoms with Crippen molar-refractivity contribution in [1.29, 1.82) is 0 Å². The minimum atomic E-state index is -3.96. The van der Waals surface area contributed by atoms with Crippen LogP contribution in [0.1, 0.15) is 58.7 Å². The van der Waals surface area contributed by atoms with Crippen molar-refractivity contribution < 1.29 is 32.3 Å². The molecular formula is C35H36N4O7S2. The van der Waals surface area contributed by atoms with Gasteiger partial charge < -0.3 is 20.1 Å². The maximum absolute atomic E-state index is 13.2. The number of benzene rings is 3. The van der Waals surface area contributed by atoms with Gasteiger partial charge in [-0.2, -0.15) is 0 Å². The number of anilines is 1. The molecule has 2 amide bonds. The predicted molar refractivity (Wildman–Crippen MR) is 181 cm³/mol. The van der Waals surface area contributed by atoms with Gasteiger partial charge in [-0.15, -0.1) is 11.3 Å². The van der Waals surface area contributed by atoms with Gasteiger partial charge in [0, 0.05) is 28.7 Å². The monoisotopic (exact) mass is 688 g/mol. The number of amides is 2. The molecule has 250 valence electrons. The van der Waals surface area contributed by atoms with Crippen molar-refractivity contribution >= 4 is 44.6 Å². The number of likely N-dealkylation sites (tertiary alicyclic amines) is 1. The second-order valence-electron chi connectivity index (χ2n) is 11.9. The molecule has 0 unspecified atom stereocenters. The molecule has 0 saturated carbocycles. The molecule has 0 bridgehead atoms. The molecule has 3 heterocycles. The lowest BCUT2D eigenvalue weighted by Gasteiger charge is -2.23. The normalized spacial score (nSPS) is 16.8. The van der Waals surface area contributed by atoms with Crippen molar-refractivity contribution in [1.82, 2.24) is 15.2 Å². The molecular weight excluding hydrogens is 653 g/mol. The van der Waals surface area contributed by atoms with Crippen LogP contribution in [0, 0.1) is 0 Å². The number of nitrogens with one attached hydrogen (secondary N) is 2. The van der Waals surface area contributed by atoms with E-state index in [9.17, 15) is 22.8 Å². The van der Waals surface area contributed by atoms with Crippen LogP contribution in [0.3, 0.4) is 0 Å². The van der Waals surface area contributed by atoms with E-state index in [1.54, 1.807) is 18.3 Å². The van der Waals surface area contributed by atoms with Gasteiger partial charge in [0.2, 0.25) is 9.84 Å². The van der Waals surface area contributed by atoms with Crippen LogP contribution in [-0.2, 0) is 25.9 Å². The summed E-state index contributed by atoms with van der Waals surface area (Å²) in [5.41, 5.74) is 1.24. The van der Waals surface area contributed by atoms with E-state index in [0.717, 1.165) is 53.5 Å². The molecule has 1 atom stereocenters. The second-order valence-corrected chi connectivity index (χ2v) is 14.9. The Balaban J connectivity index is 1.00. The summed E-state index contributed by atoms with van der Waals surface area (Å²) in [6.07, 6.45) is 4.21. The van der Waals surface area contributed by atoms with Gasteiger partial charge in [-0.1, -0.05) is 12.1 Å². The largest absolute Gasteiger partial charge is 0.494 e. The number of hydrogen-bond acceptors (Lipinski definition) is 10. The topological polar surface area (TPSA) is 144 Å². The van der Waals surface area contributed by atoms with Crippen LogP contribution >= 0.6 is 11.3 Å². The number of esters is 1. The summed E-state index contributed by atoms with van der Waals surface area (Å²) >= 11 is 1.44. The van der Waals surface area contributed by atoms with Crippen LogP contribution in [0.15, 0.2) is 82.7 Å². The third-order valence-electron chi connectivity index (χ3n) is 8.12. The smallest absolute Gasteiger partial charge is 0.323 e. The molecule has 2 aliphatic heterocycles. The summed E-state index contributed by atoms with van der Waals surface area (Å²) in [7, 11) is -3.96. The third kappa shape index (κ3) is 7.28. The number of carbonyl (C=O) groups is 3. The zero-order chi connectivity index (χ0) is 33.8. The van der Waals surface area contributed by atoms with Gasteiger partial charge >= 0.3 is 5.97 Å². The van der Waals surface area contributed by atoms with E-state index in [4.69, 9.17) is 9.47 Å². The van der Waals surface area contributed by atoms with Crippen molar-refractivity contribution in [2.45, 2.75) is 61.6 Å². The fourth-order valence-corrected chi connectivity index (χ4v) is 8.26. The molecule has 1 aromatic heterocycles. The van der Waals surface area contributed by atoms with E-state index in [1.807, 2.05) is 38.1 Å². The summed E-state index contributed by atoms with van der Waals surface area (Å²) in [6, 6.07) is 17.7. The van der Waals surface area contributed by atoms with Crippen molar-refractivity contribution in [3.05, 3.63) is 88.9 Å². The Labute approximate surface area is 283 Å². The molecule has 4 aromatic rings. The maximum Gasteiger partial charge on any atom is 0.323 e. The van der Waals surface area contributed by atoms with Gasteiger partial charge in [-0.3, -0.25) is 19.3 Å². The van der Waals surface area contributed by atoms with Gasteiger partial charge in [0.25, 0.3) is 11.8 Å². The molecule has 6 rings (SSSR count). The fourth-order valence-electron chi connectivity index (χ4n) is 5.82. The molecule has 11 nitrogen and oxygen atoms in total. The Morgan fingerprint density at radius 3 is 2.67 bits per heavy atom. The van der Waals surface area contributed by atoms with Crippen LogP contribution in [-0.4, -0.2) is 67.9 Å². The molecule has 2 aliphatic rings. The standard InChI is InChI=1S/C35H36N4O7S2/c1-22(2)46-35(42)29-8-5-16-39(29)17-6-18-45-25-13-10-23(11-14-25)34-37-21-26(47-34)20-36-32(40)24-12-15-31-28(19-24)38-33(41)27-7-3-4-9-30(27)48(31,43)44/h3-4,7,9-15,19,21-22,29H,5-6,8,16-18,20H2,1-2H3,(H,36,40)(H,38,41)/t29-/m0/s1. The van der Waals surface area contributed by atoms with Crippen LogP contribution in [0.25, 0.3) is 10.6 Å². The highest BCUT2D eigenvalue weighted by atomic mass is 32.2. The first kappa shape index (κ1) is 33.3. The van der Waals surface area contributed by atoms with Crippen LogP contribution in [0.4, 0.5) is 5.69 Å². The summed E-state index contributed by atoms with van der Waals surface area (Å²) in [6.45, 7) is 6.15. The fraction of sp³-hybridized carbons (Fsp3) is 0.314. The van der Waals surface area contributed by atoms with Crippen molar-refractivity contribution in [3.63, 3.8) is 0 Å². The van der Waals surface area contributed by atoms with Crippen LogP contribution < -0.4 is 15.4 Å². The maximum atomic E-state index is 13.2. The quantitative estimate of drug-likeness (QED) is 0.158. The molecule has 1 fully saturated rings. The summed E-state index contributed by atoms with van der Waals surface area (Å²) in [4.78, 5) is 45.5. The van der Waals surface area contributed by atoms with Crippen molar-refractivity contribution in [3.8, 4) is 16.3 Å². The number of hydrogen-bond donors (Lipinski definition) is 2. The van der Waals surface area contributed by atoms with Crippen molar-refractivity contribution in [2.75, 3.05) is 25.0 Å². The summed E-state index contributed by atoms with van der Waals surface area (Å²) in [5.74, 6) is -0.369. The third-order valence-corrected chi connectivity index (χ3v) is 11.0.